The number of hydrogen-bond acceptors (Lipinski definition) is 9. The van der Waals surface area contributed by atoms with Gasteiger partial charge >= 0.3 is 0 Å². The number of carbonyl (C=O) groups excluding carboxylic acids is 1. The van der Waals surface area contributed by atoms with Gasteiger partial charge in [-0.05, 0) is 34.1 Å². The fourth-order valence-electron chi connectivity index (χ4n) is 4.21. The van der Waals surface area contributed by atoms with Gasteiger partial charge in [-0.2, -0.15) is 10.2 Å². The molecule has 2 aromatic heterocycles. The first kappa shape index (κ1) is 29.1. The average molecular weight is 536 g/mol. The minimum Gasteiger partial charge on any atom is -0.352 e. The first-order valence-corrected chi connectivity index (χ1v) is 13.9. The fourth-order valence-corrected chi connectivity index (χ4v) is 5.97. The zero-order chi connectivity index (χ0) is 27.3. The smallest absolute Gasteiger partial charge is 0.280 e. The maximum Gasteiger partial charge on any atom is 0.280 e. The summed E-state index contributed by atoms with van der Waals surface area (Å²) in [7, 11) is -1.44. The topological polar surface area (TPSA) is 147 Å². The number of imidazole rings is 1. The summed E-state index contributed by atoms with van der Waals surface area (Å²) in [6, 6.07) is 2.48. The van der Waals surface area contributed by atoms with Crippen LogP contribution in [0.2, 0.25) is 0 Å². The zero-order valence-corrected chi connectivity index (χ0v) is 23.5. The molecule has 1 aliphatic rings. The van der Waals surface area contributed by atoms with Crippen LogP contribution in [0.4, 0.5) is 5.95 Å². The molecule has 1 saturated heterocycles. The number of aromatic nitrogens is 4. The van der Waals surface area contributed by atoms with Crippen LogP contribution >= 0.6 is 8.53 Å². The monoisotopic (exact) mass is 535 g/mol. The molecule has 1 amide bonds. The summed E-state index contributed by atoms with van der Waals surface area (Å²) in [5, 5.41) is 11.6. The first-order chi connectivity index (χ1) is 17.6. The summed E-state index contributed by atoms with van der Waals surface area (Å²) in [5.74, 6) is -0.460. The van der Waals surface area contributed by atoms with Gasteiger partial charge in [-0.15, -0.1) is 0 Å². The highest BCUT2D eigenvalue weighted by atomic mass is 31.2. The molecule has 4 atom stereocenters. The van der Waals surface area contributed by atoms with Crippen molar-refractivity contribution in [3.8, 4) is 6.07 Å². The third-order valence-corrected chi connectivity index (χ3v) is 8.13. The Balaban J connectivity index is 1.87. The lowest BCUT2D eigenvalue weighted by atomic mass is 10.1. The second-order valence-electron chi connectivity index (χ2n) is 9.85. The maximum absolute atomic E-state index is 12.6. The number of amides is 1. The van der Waals surface area contributed by atoms with Crippen LogP contribution in [0.3, 0.4) is 0 Å². The van der Waals surface area contributed by atoms with Crippen molar-refractivity contribution in [2.75, 3.05) is 11.9 Å². The summed E-state index contributed by atoms with van der Waals surface area (Å²) in [4.78, 5) is 36.0. The molecule has 204 valence electrons. The van der Waals surface area contributed by atoms with Gasteiger partial charge in [0.25, 0.3) is 14.1 Å². The zero-order valence-electron chi connectivity index (χ0n) is 22.6. The van der Waals surface area contributed by atoms with Crippen LogP contribution in [-0.2, 0) is 18.6 Å². The molecular weight excluding hydrogens is 497 g/mol. The van der Waals surface area contributed by atoms with Crippen molar-refractivity contribution in [3.63, 3.8) is 0 Å². The number of anilines is 1. The second kappa shape index (κ2) is 12.9. The molecule has 12 nitrogen and oxygen atoms in total. The van der Waals surface area contributed by atoms with E-state index in [-0.39, 0.29) is 60.6 Å². The Morgan fingerprint density at radius 2 is 2.05 bits per heavy atom. The van der Waals surface area contributed by atoms with E-state index >= 15 is 0 Å². The predicted molar refractivity (Wildman–Crippen MR) is 141 cm³/mol. The Morgan fingerprint density at radius 1 is 1.35 bits per heavy atom. The molecule has 2 N–H and O–H groups in total. The van der Waals surface area contributed by atoms with Crippen molar-refractivity contribution < 1.29 is 18.6 Å². The molecule has 1 unspecified atom stereocenters. The quantitative estimate of drug-likeness (QED) is 0.303. The number of aromatic amines is 1. The highest BCUT2D eigenvalue weighted by molar-refractivity contribution is 7.44. The van der Waals surface area contributed by atoms with Crippen LogP contribution in [0.15, 0.2) is 11.1 Å². The Kier molecular flexibility index (Phi) is 10.2. The average Bonchev–Trinajstić information content (AvgIpc) is 3.42. The van der Waals surface area contributed by atoms with Crippen LogP contribution in [0.25, 0.3) is 11.2 Å². The lowest BCUT2D eigenvalue weighted by molar-refractivity contribution is -0.118. The van der Waals surface area contributed by atoms with E-state index in [0.717, 1.165) is 0 Å². The van der Waals surface area contributed by atoms with Crippen molar-refractivity contribution in [3.05, 3.63) is 16.7 Å². The molecule has 1 aliphatic heterocycles. The highest BCUT2D eigenvalue weighted by Crippen LogP contribution is 2.50. The molecule has 3 rings (SSSR count). The van der Waals surface area contributed by atoms with E-state index in [9.17, 15) is 9.59 Å². The van der Waals surface area contributed by atoms with Gasteiger partial charge in [-0.3, -0.25) is 24.5 Å². The maximum atomic E-state index is 12.6. The lowest BCUT2D eigenvalue weighted by Gasteiger charge is -2.37. The molecule has 0 aliphatic carbocycles. The van der Waals surface area contributed by atoms with Crippen LogP contribution in [-0.4, -0.2) is 61.0 Å². The number of hydrogen-bond donors (Lipinski definition) is 2. The summed E-state index contributed by atoms with van der Waals surface area (Å²) >= 11 is 0. The standard InChI is InChI=1S/C24H38N7O5P/c1-8-17-18(36-37(34-11-9-10-25)31(15(4)5)16(6)7)12-19(35-17)30-13-26-20-21(30)27-24(29-23(20)33)28-22(32)14(2)3/h13-19H,8-9,11-12H2,1-7H3,(H2,27,28,29,32,33)/t17-,18-,19-,37?/m1/s1. The highest BCUT2D eigenvalue weighted by Gasteiger charge is 2.41. The van der Waals surface area contributed by atoms with Crippen LogP contribution in [0.5, 0.6) is 0 Å². The molecule has 0 aromatic carbocycles. The second-order valence-corrected chi connectivity index (χ2v) is 11.3. The van der Waals surface area contributed by atoms with E-state index < -0.39 is 20.3 Å². The molecule has 0 radical (unpaired) electrons. The summed E-state index contributed by atoms with van der Waals surface area (Å²) < 4.78 is 22.9. The number of H-pyrrole nitrogens is 1. The Hall–Kier alpha value is -2.42. The van der Waals surface area contributed by atoms with Crippen LogP contribution in [0, 0.1) is 17.2 Å². The molecule has 0 bridgehead atoms. The summed E-state index contributed by atoms with van der Waals surface area (Å²) in [6.07, 6.45) is 2.06. The van der Waals surface area contributed by atoms with E-state index in [1.807, 2.05) is 6.92 Å². The largest absolute Gasteiger partial charge is 0.352 e. The van der Waals surface area contributed by atoms with Gasteiger partial charge in [0.2, 0.25) is 11.9 Å². The van der Waals surface area contributed by atoms with Gasteiger partial charge in [0, 0.05) is 24.4 Å². The Bertz CT molecular complexity index is 1150. The van der Waals surface area contributed by atoms with E-state index in [2.05, 4.69) is 58.7 Å². The minimum absolute atomic E-state index is 0.0645. The van der Waals surface area contributed by atoms with Crippen LogP contribution in [0.1, 0.15) is 74.0 Å². The number of ether oxygens (including phenoxy) is 1. The molecule has 0 saturated carbocycles. The van der Waals surface area contributed by atoms with Gasteiger partial charge in [-0.25, -0.2) is 9.65 Å². The minimum atomic E-state index is -1.44. The number of rotatable bonds is 12. The van der Waals surface area contributed by atoms with Gasteiger partial charge in [-0.1, -0.05) is 20.8 Å². The van der Waals surface area contributed by atoms with Gasteiger partial charge in [0.15, 0.2) is 11.2 Å². The molecule has 0 spiro atoms. The first-order valence-electron chi connectivity index (χ1n) is 12.7. The molecule has 2 aromatic rings. The normalized spacial score (nSPS) is 20.9. The van der Waals surface area contributed by atoms with Crippen molar-refractivity contribution in [2.45, 2.75) is 98.2 Å². The van der Waals surface area contributed by atoms with Gasteiger partial charge in [0.1, 0.15) is 6.23 Å². The molecule has 3 heterocycles. The van der Waals surface area contributed by atoms with E-state index in [1.54, 1.807) is 18.4 Å². The Labute approximate surface area is 218 Å². The Morgan fingerprint density at radius 3 is 2.65 bits per heavy atom. The lowest BCUT2D eigenvalue weighted by Crippen LogP contribution is -2.35. The molecule has 13 heteroatoms. The van der Waals surface area contributed by atoms with Crippen LogP contribution < -0.4 is 10.9 Å². The summed E-state index contributed by atoms with van der Waals surface area (Å²) in [5.41, 5.74) is 0.0397. The molecular formula is C24H38N7O5P. The van der Waals surface area contributed by atoms with E-state index in [4.69, 9.17) is 19.0 Å². The number of fused-ring (bicyclic) bond motifs is 1. The number of nitrogens with zero attached hydrogens (tertiary/aromatic N) is 5. The van der Waals surface area contributed by atoms with Crippen molar-refractivity contribution >= 4 is 31.5 Å². The third-order valence-electron chi connectivity index (χ3n) is 5.98. The number of nitriles is 1. The third kappa shape index (κ3) is 6.92. The van der Waals surface area contributed by atoms with Crippen molar-refractivity contribution in [1.82, 2.24) is 24.2 Å². The van der Waals surface area contributed by atoms with Crippen molar-refractivity contribution in [1.29, 1.82) is 5.26 Å². The number of nitrogens with one attached hydrogen (secondary N) is 2. The van der Waals surface area contributed by atoms with Crippen molar-refractivity contribution in [2.24, 2.45) is 5.92 Å². The van der Waals surface area contributed by atoms with E-state index in [1.165, 1.54) is 6.33 Å². The summed E-state index contributed by atoms with van der Waals surface area (Å²) in [6.45, 7) is 14.2. The SMILES string of the molecule is CC[C@H]1O[C@@H](n2cnc3c(=O)[nH]c(NC(=O)C(C)C)nc32)C[C@H]1OP(OCCC#N)N(C(C)C)C(C)C. The van der Waals surface area contributed by atoms with Gasteiger partial charge < -0.3 is 13.8 Å². The predicted octanol–water partition coefficient (Wildman–Crippen LogP) is 4.07. The molecule has 1 fully saturated rings. The van der Waals surface area contributed by atoms with E-state index in [0.29, 0.717) is 18.5 Å². The number of carbonyl (C=O) groups is 1. The fraction of sp³-hybridized carbons (Fsp3) is 0.708. The molecule has 37 heavy (non-hydrogen) atoms. The van der Waals surface area contributed by atoms with Gasteiger partial charge in [0.05, 0.1) is 37.6 Å².